The molecule has 3 fully saturated rings. The van der Waals surface area contributed by atoms with Crippen molar-refractivity contribution in [1.82, 2.24) is 24.3 Å². The van der Waals surface area contributed by atoms with E-state index in [0.29, 0.717) is 29.5 Å². The Labute approximate surface area is 187 Å². The molecule has 0 spiro atoms. The van der Waals surface area contributed by atoms with Gasteiger partial charge in [0.05, 0.1) is 5.69 Å². The van der Waals surface area contributed by atoms with Crippen LogP contribution in [0.5, 0.6) is 5.75 Å². The fourth-order valence-corrected chi connectivity index (χ4v) is 5.67. The highest BCUT2D eigenvalue weighted by Gasteiger charge is 2.58. The lowest BCUT2D eigenvalue weighted by atomic mass is 10.1. The molecule has 7 nitrogen and oxygen atoms in total. The molecule has 2 N–H and O–H groups in total. The summed E-state index contributed by atoms with van der Waals surface area (Å²) < 4.78 is 32.3. The quantitative estimate of drug-likeness (QED) is 0.733. The summed E-state index contributed by atoms with van der Waals surface area (Å²) in [6.07, 6.45) is 6.13. The Bertz CT molecular complexity index is 959. The normalized spacial score (nSPS) is 28.5. The molecule has 2 unspecified atom stereocenters. The third kappa shape index (κ3) is 3.96. The molecule has 1 saturated heterocycles. The van der Waals surface area contributed by atoms with E-state index in [0.717, 1.165) is 24.6 Å². The number of alkyl halides is 2. The Morgan fingerprint density at radius 2 is 1.81 bits per heavy atom. The average Bonchev–Trinajstić information content (AvgIpc) is 3.09. The summed E-state index contributed by atoms with van der Waals surface area (Å²) in [7, 11) is 2.20. The lowest BCUT2D eigenvalue weighted by Crippen LogP contribution is -2.48. The van der Waals surface area contributed by atoms with Gasteiger partial charge in [-0.2, -0.15) is 8.78 Å². The number of imidazole rings is 1. The summed E-state index contributed by atoms with van der Waals surface area (Å²) >= 11 is 0. The van der Waals surface area contributed by atoms with Gasteiger partial charge in [0.15, 0.2) is 11.6 Å². The van der Waals surface area contributed by atoms with Crippen LogP contribution in [-0.4, -0.2) is 70.2 Å². The van der Waals surface area contributed by atoms with Gasteiger partial charge in [-0.3, -0.25) is 4.90 Å². The van der Waals surface area contributed by atoms with Crippen molar-refractivity contribution in [3.63, 3.8) is 0 Å². The average molecular weight is 447 g/mol. The molecular weight excluding hydrogens is 414 g/mol. The van der Waals surface area contributed by atoms with Gasteiger partial charge in [-0.25, -0.2) is 9.97 Å². The van der Waals surface area contributed by atoms with Crippen LogP contribution < -0.4 is 10.5 Å². The zero-order valence-electron chi connectivity index (χ0n) is 18.9. The maximum atomic E-state index is 12.7. The summed E-state index contributed by atoms with van der Waals surface area (Å²) in [5.74, 6) is 2.52. The van der Waals surface area contributed by atoms with Gasteiger partial charge < -0.3 is 19.9 Å². The van der Waals surface area contributed by atoms with Crippen LogP contribution in [0.2, 0.25) is 0 Å². The zero-order chi connectivity index (χ0) is 22.6. The minimum Gasteiger partial charge on any atom is -0.431 e. The van der Waals surface area contributed by atoms with Crippen LogP contribution in [0.4, 0.5) is 14.6 Å². The van der Waals surface area contributed by atoms with Gasteiger partial charge in [0.1, 0.15) is 5.82 Å². The molecule has 0 radical (unpaired) electrons. The summed E-state index contributed by atoms with van der Waals surface area (Å²) in [5, 5.41) is 0. The summed E-state index contributed by atoms with van der Waals surface area (Å²) in [6, 6.07) is 2.69. The molecule has 2 atom stereocenters. The van der Waals surface area contributed by atoms with Gasteiger partial charge >= 0.3 is 6.61 Å². The number of ether oxygens (including phenoxy) is 1. The summed E-state index contributed by atoms with van der Waals surface area (Å²) in [5.41, 5.74) is 7.06. The first-order chi connectivity index (χ1) is 15.3. The van der Waals surface area contributed by atoms with Crippen molar-refractivity contribution < 1.29 is 13.5 Å². The number of nitrogens with two attached hydrogens (primary N) is 1. The van der Waals surface area contributed by atoms with E-state index < -0.39 is 6.61 Å². The van der Waals surface area contributed by atoms with Crippen molar-refractivity contribution in [3.05, 3.63) is 24.3 Å². The first kappa shape index (κ1) is 21.6. The van der Waals surface area contributed by atoms with Crippen molar-refractivity contribution in [2.45, 2.75) is 51.3 Å². The Hall–Kier alpha value is -2.26. The van der Waals surface area contributed by atoms with Gasteiger partial charge in [-0.05, 0) is 37.8 Å². The van der Waals surface area contributed by atoms with E-state index in [1.54, 1.807) is 6.20 Å². The predicted octanol–water partition coefficient (Wildman–Crippen LogP) is 3.45. The fourth-order valence-electron chi connectivity index (χ4n) is 5.67. The summed E-state index contributed by atoms with van der Waals surface area (Å²) in [4.78, 5) is 14.0. The molecule has 174 valence electrons. The molecule has 2 aromatic rings. The topological polar surface area (TPSA) is 72.4 Å². The third-order valence-electron chi connectivity index (χ3n) is 7.42. The maximum absolute atomic E-state index is 12.7. The van der Waals surface area contributed by atoms with Gasteiger partial charge in [-0.15, -0.1) is 0 Å². The van der Waals surface area contributed by atoms with E-state index in [2.05, 4.69) is 51.2 Å². The van der Waals surface area contributed by atoms with Crippen LogP contribution in [0.25, 0.3) is 11.3 Å². The second kappa shape index (κ2) is 8.26. The van der Waals surface area contributed by atoms with Gasteiger partial charge in [0.25, 0.3) is 0 Å². The molecule has 32 heavy (non-hydrogen) atoms. The number of piperazine rings is 1. The maximum Gasteiger partial charge on any atom is 0.387 e. The molecule has 5 rings (SSSR count). The monoisotopic (exact) mass is 446 g/mol. The lowest BCUT2D eigenvalue weighted by molar-refractivity contribution is -0.0494. The van der Waals surface area contributed by atoms with Crippen molar-refractivity contribution in [3.8, 4) is 17.0 Å². The molecule has 2 saturated carbocycles. The number of pyridine rings is 1. The van der Waals surface area contributed by atoms with Gasteiger partial charge in [-0.1, -0.05) is 13.8 Å². The highest BCUT2D eigenvalue weighted by atomic mass is 19.3. The number of hydrogen-bond donors (Lipinski definition) is 1. The Morgan fingerprint density at radius 1 is 1.12 bits per heavy atom. The second-order valence-electron chi connectivity index (χ2n) is 9.81. The van der Waals surface area contributed by atoms with Crippen LogP contribution in [0, 0.1) is 11.8 Å². The molecule has 0 aromatic carbocycles. The van der Waals surface area contributed by atoms with Crippen molar-refractivity contribution in [2.75, 3.05) is 39.0 Å². The van der Waals surface area contributed by atoms with Gasteiger partial charge in [0.2, 0.25) is 0 Å². The van der Waals surface area contributed by atoms with Crippen molar-refractivity contribution in [1.29, 1.82) is 0 Å². The minimum absolute atomic E-state index is 0.0516. The fraction of sp³-hybridized carbons (Fsp3) is 0.652. The molecule has 3 heterocycles. The van der Waals surface area contributed by atoms with Gasteiger partial charge in [0, 0.05) is 62.1 Å². The highest BCUT2D eigenvalue weighted by Crippen LogP contribution is 2.62. The Balaban J connectivity index is 1.34. The smallest absolute Gasteiger partial charge is 0.387 e. The molecule has 9 heteroatoms. The highest BCUT2D eigenvalue weighted by molar-refractivity contribution is 5.64. The van der Waals surface area contributed by atoms with E-state index in [-0.39, 0.29) is 17.5 Å². The number of aromatic nitrogens is 3. The number of anilines is 1. The van der Waals surface area contributed by atoms with E-state index >= 15 is 0 Å². The molecule has 2 aliphatic carbocycles. The lowest BCUT2D eigenvalue weighted by Gasteiger charge is -2.37. The second-order valence-corrected chi connectivity index (χ2v) is 9.81. The molecule has 2 aromatic heterocycles. The number of hydrogen-bond acceptors (Lipinski definition) is 6. The molecular formula is C23H32F2N6O. The number of halogens is 2. The number of nitrogens with zero attached hydrogens (tertiary/aromatic N) is 5. The van der Waals surface area contributed by atoms with Crippen LogP contribution in [0.1, 0.15) is 44.5 Å². The third-order valence-corrected chi connectivity index (χ3v) is 7.42. The number of likely N-dealkylation sites (N-methyl/N-ethyl adjacent to an activating group) is 1. The van der Waals surface area contributed by atoms with Crippen LogP contribution >= 0.6 is 0 Å². The van der Waals surface area contributed by atoms with E-state index in [4.69, 9.17) is 10.7 Å². The number of nitrogen functional groups attached to an aromatic ring is 1. The first-order valence-corrected chi connectivity index (χ1v) is 11.5. The molecule has 3 aliphatic rings. The number of rotatable bonds is 6. The largest absolute Gasteiger partial charge is 0.431 e. The summed E-state index contributed by atoms with van der Waals surface area (Å²) in [6.45, 7) is 5.99. The number of fused-ring (bicyclic) bond motifs is 1. The van der Waals surface area contributed by atoms with Crippen LogP contribution in [-0.2, 0) is 0 Å². The Morgan fingerprint density at radius 3 is 2.44 bits per heavy atom. The van der Waals surface area contributed by atoms with E-state index in [1.807, 2.05) is 0 Å². The van der Waals surface area contributed by atoms with Crippen LogP contribution in [0.3, 0.4) is 0 Å². The zero-order valence-corrected chi connectivity index (χ0v) is 18.9. The predicted molar refractivity (Wildman–Crippen MR) is 119 cm³/mol. The molecule has 0 amide bonds. The van der Waals surface area contributed by atoms with Crippen molar-refractivity contribution in [2.24, 2.45) is 11.8 Å². The molecule has 0 bridgehead atoms. The minimum atomic E-state index is -2.95. The van der Waals surface area contributed by atoms with E-state index in [9.17, 15) is 8.78 Å². The SMILES string of the molecule is CC(C)c1nc(-c2cnc(N)c(OC(F)F)c2)cn1C1C2CC(N3CCN(C)CC3)CC21. The van der Waals surface area contributed by atoms with Crippen molar-refractivity contribution >= 4 is 5.82 Å². The van der Waals surface area contributed by atoms with E-state index in [1.165, 1.54) is 32.0 Å². The van der Waals surface area contributed by atoms with Crippen LogP contribution in [0.15, 0.2) is 18.5 Å². The molecule has 1 aliphatic heterocycles. The standard InChI is InChI=1S/C23H32F2N6O/c1-13(2)22-28-18(14-8-19(32-23(24)25)21(26)27-11-14)12-31(22)20-16-9-15(10-17(16)20)30-6-4-29(3)5-7-30/h8,11-13,15-17,20,23H,4-7,9-10H2,1-3H3,(H2,26,27). The Kier molecular flexibility index (Phi) is 5.57. The first-order valence-electron chi connectivity index (χ1n) is 11.5.